The summed E-state index contributed by atoms with van der Waals surface area (Å²) in [6, 6.07) is 11.1. The second-order valence-corrected chi connectivity index (χ2v) is 4.48. The number of hydrogen-bond acceptors (Lipinski definition) is 3. The molecule has 3 rings (SSSR count). The molecule has 0 fully saturated rings. The van der Waals surface area contributed by atoms with E-state index in [2.05, 4.69) is 9.97 Å². The molecule has 102 valence electrons. The average Bonchev–Trinajstić information content (AvgIpc) is 2.53. The van der Waals surface area contributed by atoms with Gasteiger partial charge in [-0.05, 0) is 42.5 Å². The molecular weight excluding hydrogens is 267 g/mol. The van der Waals surface area contributed by atoms with Crippen molar-refractivity contribution in [1.29, 1.82) is 0 Å². The lowest BCUT2D eigenvalue weighted by Gasteiger charge is -2.00. The van der Waals surface area contributed by atoms with Crippen LogP contribution in [0.3, 0.4) is 0 Å². The highest BCUT2D eigenvalue weighted by atomic mass is 19.1. The van der Waals surface area contributed by atoms with Crippen molar-refractivity contribution >= 4 is 22.9 Å². The SMILES string of the molecule is O=C(C=Cc1cccc2nccnc12)c1ccc(F)cc1. The Hall–Kier alpha value is -2.88. The van der Waals surface area contributed by atoms with E-state index in [1.54, 1.807) is 18.5 Å². The van der Waals surface area contributed by atoms with E-state index in [0.717, 1.165) is 16.6 Å². The molecule has 0 N–H and O–H groups in total. The minimum absolute atomic E-state index is 0.184. The van der Waals surface area contributed by atoms with Gasteiger partial charge in [-0.2, -0.15) is 0 Å². The summed E-state index contributed by atoms with van der Waals surface area (Å²) < 4.78 is 12.8. The van der Waals surface area contributed by atoms with Crippen molar-refractivity contribution in [2.24, 2.45) is 0 Å². The van der Waals surface area contributed by atoms with E-state index in [1.165, 1.54) is 30.3 Å². The maximum absolute atomic E-state index is 12.8. The highest BCUT2D eigenvalue weighted by Gasteiger charge is 2.03. The summed E-state index contributed by atoms with van der Waals surface area (Å²) in [6.07, 6.45) is 6.39. The lowest BCUT2D eigenvalue weighted by atomic mass is 10.1. The summed E-state index contributed by atoms with van der Waals surface area (Å²) in [5, 5.41) is 0. The normalized spacial score (nSPS) is 11.1. The zero-order valence-corrected chi connectivity index (χ0v) is 11.0. The van der Waals surface area contributed by atoms with Crippen LogP contribution in [0.1, 0.15) is 15.9 Å². The third kappa shape index (κ3) is 2.84. The molecule has 1 heterocycles. The van der Waals surface area contributed by atoms with Gasteiger partial charge in [0.25, 0.3) is 0 Å². The Morgan fingerprint density at radius 2 is 1.76 bits per heavy atom. The van der Waals surface area contributed by atoms with Crippen LogP contribution in [0.2, 0.25) is 0 Å². The van der Waals surface area contributed by atoms with Gasteiger partial charge >= 0.3 is 0 Å². The molecule has 0 aliphatic carbocycles. The van der Waals surface area contributed by atoms with Gasteiger partial charge in [0.1, 0.15) is 5.82 Å². The summed E-state index contributed by atoms with van der Waals surface area (Å²) in [6.45, 7) is 0. The topological polar surface area (TPSA) is 42.9 Å². The largest absolute Gasteiger partial charge is 0.289 e. The standard InChI is InChI=1S/C17H11FN2O/c18-14-7-4-12(5-8-14)16(21)9-6-13-2-1-3-15-17(13)20-11-10-19-15/h1-11H. The first-order chi connectivity index (χ1) is 10.2. The van der Waals surface area contributed by atoms with Gasteiger partial charge in [-0.15, -0.1) is 0 Å². The highest BCUT2D eigenvalue weighted by Crippen LogP contribution is 2.15. The van der Waals surface area contributed by atoms with E-state index in [1.807, 2.05) is 18.2 Å². The number of carbonyl (C=O) groups is 1. The number of para-hydroxylation sites is 1. The zero-order chi connectivity index (χ0) is 14.7. The van der Waals surface area contributed by atoms with Crippen molar-refractivity contribution in [1.82, 2.24) is 9.97 Å². The van der Waals surface area contributed by atoms with Crippen LogP contribution in [0.4, 0.5) is 4.39 Å². The Balaban J connectivity index is 1.91. The molecule has 3 aromatic rings. The maximum Gasteiger partial charge on any atom is 0.185 e. The third-order valence-electron chi connectivity index (χ3n) is 3.07. The number of aromatic nitrogens is 2. The Kier molecular flexibility index (Phi) is 3.51. The molecule has 3 nitrogen and oxygen atoms in total. The minimum atomic E-state index is -0.361. The van der Waals surface area contributed by atoms with Gasteiger partial charge in [0.15, 0.2) is 5.78 Å². The van der Waals surface area contributed by atoms with Crippen molar-refractivity contribution < 1.29 is 9.18 Å². The molecule has 0 spiro atoms. The highest BCUT2D eigenvalue weighted by molar-refractivity contribution is 6.07. The summed E-state index contributed by atoms with van der Waals surface area (Å²) in [5.41, 5.74) is 2.77. The molecule has 1 aromatic heterocycles. The van der Waals surface area contributed by atoms with Gasteiger partial charge in [-0.25, -0.2) is 4.39 Å². The van der Waals surface area contributed by atoms with Crippen LogP contribution in [0.25, 0.3) is 17.1 Å². The van der Waals surface area contributed by atoms with E-state index in [9.17, 15) is 9.18 Å². The van der Waals surface area contributed by atoms with E-state index in [0.29, 0.717) is 5.56 Å². The first kappa shape index (κ1) is 13.1. The Bertz CT molecular complexity index is 820. The summed E-state index contributed by atoms with van der Waals surface area (Å²) in [5.74, 6) is -0.546. The van der Waals surface area contributed by atoms with Gasteiger partial charge in [0.05, 0.1) is 11.0 Å². The smallest absolute Gasteiger partial charge is 0.185 e. The molecule has 0 radical (unpaired) electrons. The predicted octanol–water partition coefficient (Wildman–Crippen LogP) is 3.67. The zero-order valence-electron chi connectivity index (χ0n) is 11.0. The van der Waals surface area contributed by atoms with Gasteiger partial charge in [0, 0.05) is 23.5 Å². The lowest BCUT2D eigenvalue weighted by molar-refractivity contribution is 0.104. The average molecular weight is 278 g/mol. The molecule has 21 heavy (non-hydrogen) atoms. The number of carbonyl (C=O) groups excluding carboxylic acids is 1. The van der Waals surface area contributed by atoms with Gasteiger partial charge in [-0.3, -0.25) is 14.8 Å². The third-order valence-corrected chi connectivity index (χ3v) is 3.07. The Labute approximate surface area is 120 Å². The fraction of sp³-hybridized carbons (Fsp3) is 0. The van der Waals surface area contributed by atoms with Crippen LogP contribution < -0.4 is 0 Å². The molecule has 0 bridgehead atoms. The number of hydrogen-bond donors (Lipinski definition) is 0. The van der Waals surface area contributed by atoms with Crippen LogP contribution in [0.5, 0.6) is 0 Å². The fourth-order valence-corrected chi connectivity index (χ4v) is 2.03. The number of ketones is 1. The monoisotopic (exact) mass is 278 g/mol. The molecule has 0 saturated carbocycles. The summed E-state index contributed by atoms with van der Waals surface area (Å²) >= 11 is 0. The van der Waals surface area contributed by atoms with E-state index >= 15 is 0 Å². The molecule has 0 unspecified atom stereocenters. The second-order valence-electron chi connectivity index (χ2n) is 4.48. The quantitative estimate of drug-likeness (QED) is 0.542. The van der Waals surface area contributed by atoms with Crippen LogP contribution >= 0.6 is 0 Å². The first-order valence-corrected chi connectivity index (χ1v) is 6.42. The van der Waals surface area contributed by atoms with Crippen LogP contribution in [0.15, 0.2) is 60.9 Å². The van der Waals surface area contributed by atoms with E-state index < -0.39 is 0 Å². The number of benzene rings is 2. The molecule has 0 aliphatic rings. The van der Waals surface area contributed by atoms with Crippen molar-refractivity contribution in [3.63, 3.8) is 0 Å². The molecule has 0 saturated heterocycles. The van der Waals surface area contributed by atoms with Crippen LogP contribution in [-0.4, -0.2) is 15.8 Å². The maximum atomic E-state index is 12.8. The molecule has 0 aliphatic heterocycles. The van der Waals surface area contributed by atoms with E-state index in [-0.39, 0.29) is 11.6 Å². The van der Waals surface area contributed by atoms with Crippen LogP contribution in [-0.2, 0) is 0 Å². The molecule has 4 heteroatoms. The number of halogens is 1. The van der Waals surface area contributed by atoms with Gasteiger partial charge in [-0.1, -0.05) is 12.1 Å². The molecule has 0 atom stereocenters. The Morgan fingerprint density at radius 1 is 1.00 bits per heavy atom. The van der Waals surface area contributed by atoms with Gasteiger partial charge in [0.2, 0.25) is 0 Å². The molecule has 0 amide bonds. The number of rotatable bonds is 3. The summed E-state index contributed by atoms with van der Waals surface area (Å²) in [4.78, 5) is 20.5. The predicted molar refractivity (Wildman–Crippen MR) is 79.3 cm³/mol. The minimum Gasteiger partial charge on any atom is -0.289 e. The van der Waals surface area contributed by atoms with E-state index in [4.69, 9.17) is 0 Å². The molecule has 2 aromatic carbocycles. The fourth-order valence-electron chi connectivity index (χ4n) is 2.03. The Morgan fingerprint density at radius 3 is 2.57 bits per heavy atom. The van der Waals surface area contributed by atoms with Crippen molar-refractivity contribution in [2.75, 3.05) is 0 Å². The van der Waals surface area contributed by atoms with Gasteiger partial charge < -0.3 is 0 Å². The second kappa shape index (κ2) is 5.63. The van der Waals surface area contributed by atoms with Crippen LogP contribution in [0, 0.1) is 5.82 Å². The summed E-state index contributed by atoms with van der Waals surface area (Å²) in [7, 11) is 0. The molecular formula is C17H11FN2O. The van der Waals surface area contributed by atoms with Crippen molar-refractivity contribution in [3.05, 3.63) is 77.9 Å². The number of fused-ring (bicyclic) bond motifs is 1. The first-order valence-electron chi connectivity index (χ1n) is 6.42. The number of allylic oxidation sites excluding steroid dienone is 1. The van der Waals surface area contributed by atoms with Crippen molar-refractivity contribution in [2.45, 2.75) is 0 Å². The van der Waals surface area contributed by atoms with Crippen molar-refractivity contribution in [3.8, 4) is 0 Å². The lowest BCUT2D eigenvalue weighted by Crippen LogP contribution is -1.94. The number of nitrogens with zero attached hydrogens (tertiary/aromatic N) is 2.